The van der Waals surface area contributed by atoms with Gasteiger partial charge in [0.1, 0.15) is 0 Å². The lowest BCUT2D eigenvalue weighted by molar-refractivity contribution is -0.147. The van der Waals surface area contributed by atoms with E-state index in [-0.39, 0.29) is 17.7 Å². The smallest absolute Gasteiger partial charge is 0.307 e. The van der Waals surface area contributed by atoms with Gasteiger partial charge in [0.05, 0.1) is 11.8 Å². The molecule has 2 aliphatic carbocycles. The summed E-state index contributed by atoms with van der Waals surface area (Å²) in [6.07, 6.45) is 8.07. The summed E-state index contributed by atoms with van der Waals surface area (Å²) in [5.74, 6) is -2.00. The van der Waals surface area contributed by atoms with E-state index in [4.69, 9.17) is 0 Å². The average molecular weight is 272 g/mol. The topological polar surface area (TPSA) is 79.3 Å². The van der Waals surface area contributed by atoms with Gasteiger partial charge in [0.25, 0.3) is 0 Å². The minimum Gasteiger partial charge on any atom is -0.481 e. The molecule has 5 nitrogen and oxygen atoms in total. The number of carbonyl (C=O) groups is 2. The maximum Gasteiger partial charge on any atom is 0.307 e. The number of rotatable bonds is 4. The van der Waals surface area contributed by atoms with Crippen LogP contribution < -0.4 is 5.32 Å². The number of carbonyl (C=O) groups excluding carboxylic acids is 1. The fourth-order valence-corrected chi connectivity index (χ4v) is 3.33. The molecular weight excluding hydrogens is 256 g/mol. The van der Waals surface area contributed by atoms with Crippen molar-refractivity contribution in [1.82, 2.24) is 10.3 Å². The number of pyridine rings is 1. The Morgan fingerprint density at radius 1 is 1.30 bits per heavy atom. The second kappa shape index (κ2) is 5.07. The summed E-state index contributed by atoms with van der Waals surface area (Å²) < 4.78 is 0. The van der Waals surface area contributed by atoms with Gasteiger partial charge in [0.2, 0.25) is 5.91 Å². The van der Waals surface area contributed by atoms with E-state index in [1.54, 1.807) is 12.4 Å². The molecule has 1 heterocycles. The molecule has 1 aromatic rings. The van der Waals surface area contributed by atoms with Gasteiger partial charge in [-0.3, -0.25) is 14.6 Å². The van der Waals surface area contributed by atoms with Gasteiger partial charge in [-0.25, -0.2) is 0 Å². The van der Waals surface area contributed by atoms with Crippen molar-refractivity contribution in [3.05, 3.63) is 42.2 Å². The molecule has 3 rings (SSSR count). The van der Waals surface area contributed by atoms with Gasteiger partial charge in [-0.05, 0) is 29.9 Å². The molecule has 1 aromatic heterocycles. The number of aliphatic carboxylic acids is 1. The number of carboxylic acids is 1. The number of hydrogen-bond acceptors (Lipinski definition) is 3. The van der Waals surface area contributed by atoms with E-state index in [2.05, 4.69) is 10.3 Å². The maximum atomic E-state index is 12.3. The van der Waals surface area contributed by atoms with E-state index in [0.29, 0.717) is 6.54 Å². The molecule has 4 atom stereocenters. The predicted molar refractivity (Wildman–Crippen MR) is 71.4 cm³/mol. The van der Waals surface area contributed by atoms with Crippen molar-refractivity contribution in [3.63, 3.8) is 0 Å². The molecule has 0 unspecified atom stereocenters. The summed E-state index contributed by atoms with van der Waals surface area (Å²) >= 11 is 0. The zero-order valence-electron chi connectivity index (χ0n) is 10.9. The van der Waals surface area contributed by atoms with Crippen molar-refractivity contribution in [1.29, 1.82) is 0 Å². The van der Waals surface area contributed by atoms with Crippen LogP contribution in [0.5, 0.6) is 0 Å². The van der Waals surface area contributed by atoms with E-state index < -0.39 is 17.8 Å². The van der Waals surface area contributed by atoms with E-state index in [1.165, 1.54) is 0 Å². The molecule has 0 radical (unpaired) electrons. The van der Waals surface area contributed by atoms with Crippen LogP contribution in [0.4, 0.5) is 0 Å². The fraction of sp³-hybridized carbons (Fsp3) is 0.400. The van der Waals surface area contributed by atoms with Gasteiger partial charge >= 0.3 is 5.97 Å². The van der Waals surface area contributed by atoms with Crippen LogP contribution >= 0.6 is 0 Å². The predicted octanol–water partition coefficient (Wildman–Crippen LogP) is 1.22. The van der Waals surface area contributed by atoms with Crippen LogP contribution in [-0.4, -0.2) is 22.0 Å². The summed E-state index contributed by atoms with van der Waals surface area (Å²) in [5, 5.41) is 12.2. The van der Waals surface area contributed by atoms with Gasteiger partial charge in [-0.15, -0.1) is 0 Å². The van der Waals surface area contributed by atoms with E-state index in [1.807, 2.05) is 24.3 Å². The Hall–Kier alpha value is -2.17. The Kier molecular flexibility index (Phi) is 3.26. The molecule has 1 saturated carbocycles. The Morgan fingerprint density at radius 2 is 2.05 bits per heavy atom. The zero-order valence-corrected chi connectivity index (χ0v) is 10.9. The average Bonchev–Trinajstić information content (AvgIpc) is 3.06. The minimum atomic E-state index is -0.872. The SMILES string of the molecule is O=C(O)[C@H]1[C@H](C(=O)NCc2cccnc2)[C@H]2C=C[C@H]1C2. The number of aromatic nitrogens is 1. The van der Waals surface area contributed by atoms with Crippen LogP contribution in [0, 0.1) is 23.7 Å². The minimum absolute atomic E-state index is 0.00615. The quantitative estimate of drug-likeness (QED) is 0.808. The van der Waals surface area contributed by atoms with Gasteiger partial charge in [0, 0.05) is 18.9 Å². The number of amides is 1. The van der Waals surface area contributed by atoms with Crippen LogP contribution in [0.25, 0.3) is 0 Å². The highest BCUT2D eigenvalue weighted by atomic mass is 16.4. The Morgan fingerprint density at radius 3 is 2.70 bits per heavy atom. The molecule has 1 amide bonds. The summed E-state index contributed by atoms with van der Waals surface area (Å²) in [7, 11) is 0. The van der Waals surface area contributed by atoms with Crippen molar-refractivity contribution in [3.8, 4) is 0 Å². The summed E-state index contributed by atoms with van der Waals surface area (Å²) in [6.45, 7) is 0.386. The summed E-state index contributed by atoms with van der Waals surface area (Å²) in [6, 6.07) is 3.68. The second-order valence-corrected chi connectivity index (χ2v) is 5.42. The fourth-order valence-electron chi connectivity index (χ4n) is 3.33. The number of fused-ring (bicyclic) bond motifs is 2. The van der Waals surface area contributed by atoms with Gasteiger partial charge in [-0.1, -0.05) is 18.2 Å². The highest BCUT2D eigenvalue weighted by Gasteiger charge is 2.51. The number of hydrogen-bond donors (Lipinski definition) is 2. The Balaban J connectivity index is 1.68. The first kappa shape index (κ1) is 12.8. The van der Waals surface area contributed by atoms with Gasteiger partial charge < -0.3 is 10.4 Å². The maximum absolute atomic E-state index is 12.3. The molecule has 5 heteroatoms. The van der Waals surface area contributed by atoms with Crippen LogP contribution in [0.1, 0.15) is 12.0 Å². The molecule has 2 N–H and O–H groups in total. The van der Waals surface area contributed by atoms with E-state index in [0.717, 1.165) is 12.0 Å². The monoisotopic (exact) mass is 272 g/mol. The Bertz CT molecular complexity index is 555. The van der Waals surface area contributed by atoms with Crippen LogP contribution in [0.2, 0.25) is 0 Å². The number of nitrogens with one attached hydrogen (secondary N) is 1. The van der Waals surface area contributed by atoms with Crippen LogP contribution in [0.15, 0.2) is 36.7 Å². The lowest BCUT2D eigenvalue weighted by atomic mass is 9.82. The zero-order chi connectivity index (χ0) is 14.1. The first-order valence-corrected chi connectivity index (χ1v) is 6.74. The molecule has 104 valence electrons. The van der Waals surface area contributed by atoms with Crippen molar-refractivity contribution in [2.75, 3.05) is 0 Å². The number of carboxylic acid groups (broad SMARTS) is 1. The standard InChI is InChI=1S/C15H16N2O3/c18-14(17-8-9-2-1-5-16-7-9)12-10-3-4-11(6-10)13(12)15(19)20/h1-5,7,10-13H,6,8H2,(H,17,18)(H,19,20)/t10-,11-,12+,13+/m0/s1. The first-order valence-electron chi connectivity index (χ1n) is 6.74. The highest BCUT2D eigenvalue weighted by molar-refractivity contribution is 5.86. The third kappa shape index (κ3) is 2.19. The van der Waals surface area contributed by atoms with E-state index in [9.17, 15) is 14.7 Å². The first-order chi connectivity index (χ1) is 9.66. The third-order valence-electron chi connectivity index (χ3n) is 4.24. The molecule has 0 saturated heterocycles. The normalized spacial score (nSPS) is 30.4. The molecule has 0 spiro atoms. The van der Waals surface area contributed by atoms with Crippen molar-refractivity contribution >= 4 is 11.9 Å². The molecule has 0 aliphatic heterocycles. The largest absolute Gasteiger partial charge is 0.481 e. The van der Waals surface area contributed by atoms with Gasteiger partial charge in [0.15, 0.2) is 0 Å². The number of nitrogens with zero attached hydrogens (tertiary/aromatic N) is 1. The second-order valence-electron chi connectivity index (χ2n) is 5.42. The van der Waals surface area contributed by atoms with Gasteiger partial charge in [-0.2, -0.15) is 0 Å². The summed E-state index contributed by atoms with van der Waals surface area (Å²) in [4.78, 5) is 27.6. The molecule has 2 aliphatic rings. The molecular formula is C15H16N2O3. The van der Waals surface area contributed by atoms with E-state index >= 15 is 0 Å². The molecule has 2 bridgehead atoms. The van der Waals surface area contributed by atoms with Crippen LogP contribution in [0.3, 0.4) is 0 Å². The summed E-state index contributed by atoms with van der Waals surface area (Å²) in [5.41, 5.74) is 0.909. The molecule has 1 fully saturated rings. The van der Waals surface area contributed by atoms with Crippen molar-refractivity contribution in [2.45, 2.75) is 13.0 Å². The lowest BCUT2D eigenvalue weighted by Crippen LogP contribution is -2.39. The number of allylic oxidation sites excluding steroid dienone is 2. The lowest BCUT2D eigenvalue weighted by Gasteiger charge is -2.23. The van der Waals surface area contributed by atoms with Crippen molar-refractivity contribution in [2.24, 2.45) is 23.7 Å². The Labute approximate surface area is 116 Å². The highest BCUT2D eigenvalue weighted by Crippen LogP contribution is 2.48. The molecule has 0 aromatic carbocycles. The third-order valence-corrected chi connectivity index (χ3v) is 4.24. The van der Waals surface area contributed by atoms with Crippen molar-refractivity contribution < 1.29 is 14.7 Å². The molecule has 20 heavy (non-hydrogen) atoms. The van der Waals surface area contributed by atoms with Crippen LogP contribution in [-0.2, 0) is 16.1 Å².